The standard InChI is InChI=1S/C21H29N/c1-22-20-14-10-5-3-2-4-8-12-18(20)16-17-19-13-9-6-7-11-15-21(19)22/h2-5,8,10,12,14,19,21H,6-7,9,11,13,15-17H2,1H3. The Labute approximate surface area is 135 Å². The molecule has 1 aliphatic heterocycles. The minimum atomic E-state index is 0.730. The first-order chi connectivity index (χ1) is 10.9. The van der Waals surface area contributed by atoms with Gasteiger partial charge in [0.1, 0.15) is 0 Å². The topological polar surface area (TPSA) is 3.24 Å². The second-order valence-corrected chi connectivity index (χ2v) is 6.87. The molecular weight excluding hydrogens is 266 g/mol. The minimum Gasteiger partial charge on any atom is -0.371 e. The molecule has 0 aromatic heterocycles. The lowest BCUT2D eigenvalue weighted by molar-refractivity contribution is 0.312. The molecule has 0 bridgehead atoms. The van der Waals surface area contributed by atoms with Gasteiger partial charge in [0.25, 0.3) is 0 Å². The number of fused-ring (bicyclic) bond motifs is 2. The maximum Gasteiger partial charge on any atom is 0.0398 e. The SMILES string of the molecule is CN1c2ccccccccc2CCC2CCCCCCC21. The first-order valence-corrected chi connectivity index (χ1v) is 9.00. The first-order valence-electron chi connectivity index (χ1n) is 9.00. The second kappa shape index (κ2) is 7.67. The molecule has 0 radical (unpaired) electrons. The van der Waals surface area contributed by atoms with E-state index in [1.165, 1.54) is 62.6 Å². The zero-order chi connectivity index (χ0) is 15.2. The average molecular weight is 295 g/mol. The Hall–Kier alpha value is -1.50. The van der Waals surface area contributed by atoms with E-state index in [0.717, 1.165) is 12.0 Å². The summed E-state index contributed by atoms with van der Waals surface area (Å²) in [5, 5.41) is 0. The molecule has 1 heteroatoms. The van der Waals surface area contributed by atoms with Crippen LogP contribution >= 0.6 is 0 Å². The third-order valence-corrected chi connectivity index (χ3v) is 5.47. The van der Waals surface area contributed by atoms with E-state index in [2.05, 4.69) is 60.5 Å². The molecule has 118 valence electrons. The number of hydrogen-bond donors (Lipinski definition) is 0. The zero-order valence-electron chi connectivity index (χ0n) is 13.9. The zero-order valence-corrected chi connectivity index (χ0v) is 13.9. The van der Waals surface area contributed by atoms with Gasteiger partial charge < -0.3 is 4.90 Å². The monoisotopic (exact) mass is 295 g/mol. The highest BCUT2D eigenvalue weighted by molar-refractivity contribution is 5.53. The van der Waals surface area contributed by atoms with Crippen LogP contribution in [0.15, 0.2) is 48.5 Å². The van der Waals surface area contributed by atoms with E-state index in [9.17, 15) is 0 Å². The van der Waals surface area contributed by atoms with Crippen molar-refractivity contribution < 1.29 is 0 Å². The normalized spacial score (nSPS) is 24.9. The van der Waals surface area contributed by atoms with E-state index in [-0.39, 0.29) is 0 Å². The Morgan fingerprint density at radius 3 is 2.27 bits per heavy atom. The molecule has 2 unspecified atom stereocenters. The predicted molar refractivity (Wildman–Crippen MR) is 95.8 cm³/mol. The van der Waals surface area contributed by atoms with Crippen molar-refractivity contribution in [2.24, 2.45) is 5.92 Å². The van der Waals surface area contributed by atoms with Crippen LogP contribution in [0.3, 0.4) is 0 Å². The highest BCUT2D eigenvalue weighted by Gasteiger charge is 2.29. The summed E-state index contributed by atoms with van der Waals surface area (Å²) in [4.78, 5) is 2.60. The Kier molecular flexibility index (Phi) is 5.37. The third kappa shape index (κ3) is 3.63. The Morgan fingerprint density at radius 1 is 0.773 bits per heavy atom. The number of rotatable bonds is 0. The molecule has 1 fully saturated rings. The van der Waals surface area contributed by atoms with Crippen LogP contribution in [-0.4, -0.2) is 13.1 Å². The van der Waals surface area contributed by atoms with Gasteiger partial charge in [0.15, 0.2) is 0 Å². The number of aryl methyl sites for hydroxylation is 1. The van der Waals surface area contributed by atoms with Crippen molar-refractivity contribution in [3.8, 4) is 0 Å². The molecule has 1 saturated carbocycles. The summed E-state index contributed by atoms with van der Waals surface area (Å²) in [6.07, 6.45) is 11.0. The van der Waals surface area contributed by atoms with Crippen LogP contribution in [0.2, 0.25) is 0 Å². The lowest BCUT2D eigenvalue weighted by Crippen LogP contribution is -2.37. The van der Waals surface area contributed by atoms with Crippen molar-refractivity contribution in [1.82, 2.24) is 0 Å². The van der Waals surface area contributed by atoms with Crippen LogP contribution in [0.1, 0.15) is 50.5 Å². The fourth-order valence-corrected chi connectivity index (χ4v) is 4.23. The highest BCUT2D eigenvalue weighted by atomic mass is 15.1. The van der Waals surface area contributed by atoms with E-state index in [1.807, 2.05) is 0 Å². The van der Waals surface area contributed by atoms with E-state index in [1.54, 1.807) is 0 Å². The summed E-state index contributed by atoms with van der Waals surface area (Å²) < 4.78 is 0. The molecule has 2 aliphatic rings. The number of anilines is 1. The molecule has 1 heterocycles. The van der Waals surface area contributed by atoms with Crippen LogP contribution < -0.4 is 4.90 Å². The van der Waals surface area contributed by atoms with Gasteiger partial charge in [-0.3, -0.25) is 0 Å². The molecular formula is C21H29N. The fourth-order valence-electron chi connectivity index (χ4n) is 4.23. The summed E-state index contributed by atoms with van der Waals surface area (Å²) in [5.74, 6) is 0.871. The van der Waals surface area contributed by atoms with Gasteiger partial charge in [-0.2, -0.15) is 0 Å². The number of nitrogens with zero attached hydrogens (tertiary/aromatic N) is 1. The van der Waals surface area contributed by atoms with Gasteiger partial charge in [-0.25, -0.2) is 0 Å². The van der Waals surface area contributed by atoms with E-state index in [0.29, 0.717) is 0 Å². The fraction of sp³-hybridized carbons (Fsp3) is 0.524. The smallest absolute Gasteiger partial charge is 0.0398 e. The molecule has 0 spiro atoms. The average Bonchev–Trinajstić information content (AvgIpc) is 2.62. The molecule has 1 aromatic rings. The van der Waals surface area contributed by atoms with Crippen LogP contribution in [-0.2, 0) is 6.42 Å². The van der Waals surface area contributed by atoms with Gasteiger partial charge >= 0.3 is 0 Å². The molecule has 0 saturated heterocycles. The molecule has 1 aliphatic carbocycles. The molecule has 0 amide bonds. The van der Waals surface area contributed by atoms with Gasteiger partial charge in [-0.05, 0) is 43.2 Å². The lowest BCUT2D eigenvalue weighted by Gasteiger charge is -2.36. The van der Waals surface area contributed by atoms with Crippen LogP contribution in [0.5, 0.6) is 0 Å². The van der Waals surface area contributed by atoms with Crippen molar-refractivity contribution >= 4 is 5.69 Å². The third-order valence-electron chi connectivity index (χ3n) is 5.47. The van der Waals surface area contributed by atoms with Crippen molar-refractivity contribution in [3.05, 3.63) is 54.1 Å². The summed E-state index contributed by atoms with van der Waals surface area (Å²) in [7, 11) is 2.32. The lowest BCUT2D eigenvalue weighted by atomic mass is 9.84. The quantitative estimate of drug-likeness (QED) is 0.608. The Morgan fingerprint density at radius 2 is 1.45 bits per heavy atom. The summed E-state index contributed by atoms with van der Waals surface area (Å²) in [6.45, 7) is 0. The highest BCUT2D eigenvalue weighted by Crippen LogP contribution is 2.36. The Bertz CT molecular complexity index is 535. The van der Waals surface area contributed by atoms with Crippen molar-refractivity contribution in [3.63, 3.8) is 0 Å². The predicted octanol–water partition coefficient (Wildman–Crippen LogP) is 5.53. The largest absolute Gasteiger partial charge is 0.371 e. The van der Waals surface area contributed by atoms with E-state index < -0.39 is 0 Å². The van der Waals surface area contributed by atoms with E-state index >= 15 is 0 Å². The molecule has 22 heavy (non-hydrogen) atoms. The van der Waals surface area contributed by atoms with Gasteiger partial charge in [-0.1, -0.05) is 68.1 Å². The van der Waals surface area contributed by atoms with Gasteiger partial charge in [-0.15, -0.1) is 0 Å². The maximum atomic E-state index is 2.60. The first kappa shape index (κ1) is 15.4. The molecule has 1 nitrogen and oxygen atoms in total. The van der Waals surface area contributed by atoms with Crippen LogP contribution in [0, 0.1) is 5.92 Å². The van der Waals surface area contributed by atoms with Crippen molar-refractivity contribution in [2.45, 2.75) is 57.4 Å². The maximum absolute atomic E-state index is 2.60. The van der Waals surface area contributed by atoms with Crippen LogP contribution in [0.4, 0.5) is 5.69 Å². The summed E-state index contributed by atoms with van der Waals surface area (Å²) in [5.41, 5.74) is 2.94. The van der Waals surface area contributed by atoms with Crippen molar-refractivity contribution in [1.29, 1.82) is 0 Å². The van der Waals surface area contributed by atoms with Gasteiger partial charge in [0, 0.05) is 18.8 Å². The minimum absolute atomic E-state index is 0.730. The summed E-state index contributed by atoms with van der Waals surface area (Å²) in [6, 6.07) is 18.2. The Balaban J connectivity index is 1.99. The molecule has 3 rings (SSSR count). The number of hydrogen-bond acceptors (Lipinski definition) is 1. The molecule has 2 atom stereocenters. The second-order valence-electron chi connectivity index (χ2n) is 6.87. The van der Waals surface area contributed by atoms with Gasteiger partial charge in [0.05, 0.1) is 0 Å². The molecule has 1 aromatic carbocycles. The van der Waals surface area contributed by atoms with E-state index in [4.69, 9.17) is 0 Å². The van der Waals surface area contributed by atoms with Gasteiger partial charge in [0.2, 0.25) is 0 Å². The molecule has 0 N–H and O–H groups in total. The van der Waals surface area contributed by atoms with Crippen molar-refractivity contribution in [2.75, 3.05) is 11.9 Å². The summed E-state index contributed by atoms with van der Waals surface area (Å²) >= 11 is 0. The van der Waals surface area contributed by atoms with Crippen LogP contribution in [0.25, 0.3) is 0 Å².